The summed E-state index contributed by atoms with van der Waals surface area (Å²) in [5, 5.41) is 17.6. The number of hydrogen-bond donors (Lipinski definition) is 2. The van der Waals surface area contributed by atoms with Crippen LogP contribution in [0.3, 0.4) is 0 Å². The smallest absolute Gasteiger partial charge is 0.517 e. The van der Waals surface area contributed by atoms with Crippen LogP contribution in [0.2, 0.25) is 0 Å². The van der Waals surface area contributed by atoms with Crippen molar-refractivity contribution in [3.8, 4) is 0 Å². The summed E-state index contributed by atoms with van der Waals surface area (Å²) in [6.45, 7) is -1.88. The summed E-state index contributed by atoms with van der Waals surface area (Å²) in [5.41, 5.74) is 0. The maximum absolute atomic E-state index is 8.78. The standard InChI is InChI=1S/C6H12BO6/c8-1-5-3-10-7(12-5)11-4-6(2-9)13-7/h5-6,8-9H,1-4H2/q-1. The van der Waals surface area contributed by atoms with E-state index in [1.54, 1.807) is 0 Å². The molecule has 0 aromatic carbocycles. The quantitative estimate of drug-likeness (QED) is 0.503. The third-order valence-electron chi connectivity index (χ3n) is 2.10. The molecule has 0 radical (unpaired) electrons. The van der Waals surface area contributed by atoms with Crippen molar-refractivity contribution >= 4 is 6.96 Å². The van der Waals surface area contributed by atoms with Crippen molar-refractivity contribution in [2.45, 2.75) is 12.2 Å². The van der Waals surface area contributed by atoms with Crippen LogP contribution in [-0.2, 0) is 18.6 Å². The highest BCUT2D eigenvalue weighted by Crippen LogP contribution is 2.27. The lowest BCUT2D eigenvalue weighted by Gasteiger charge is -2.28. The Morgan fingerprint density at radius 3 is 1.77 bits per heavy atom. The molecule has 0 amide bonds. The summed E-state index contributed by atoms with van der Waals surface area (Å²) in [4.78, 5) is 0. The lowest BCUT2D eigenvalue weighted by atomic mass is 10.1. The second-order valence-electron chi connectivity index (χ2n) is 3.13. The van der Waals surface area contributed by atoms with Crippen LogP contribution >= 0.6 is 0 Å². The van der Waals surface area contributed by atoms with Crippen molar-refractivity contribution in [2.24, 2.45) is 0 Å². The molecule has 2 heterocycles. The van der Waals surface area contributed by atoms with E-state index in [0.717, 1.165) is 0 Å². The maximum Gasteiger partial charge on any atom is 0.532 e. The van der Waals surface area contributed by atoms with Crippen molar-refractivity contribution < 1.29 is 28.8 Å². The summed E-state index contributed by atoms with van der Waals surface area (Å²) in [6, 6.07) is 0. The van der Waals surface area contributed by atoms with Crippen LogP contribution in [0.5, 0.6) is 0 Å². The average molecular weight is 191 g/mol. The fourth-order valence-corrected chi connectivity index (χ4v) is 1.43. The van der Waals surface area contributed by atoms with E-state index in [0.29, 0.717) is 0 Å². The van der Waals surface area contributed by atoms with Gasteiger partial charge in [-0.05, 0) is 0 Å². The van der Waals surface area contributed by atoms with Crippen LogP contribution in [0, 0.1) is 0 Å². The third kappa shape index (κ3) is 1.71. The Hall–Kier alpha value is -0.175. The van der Waals surface area contributed by atoms with Gasteiger partial charge in [0, 0.05) is 13.2 Å². The summed E-state index contributed by atoms with van der Waals surface area (Å²) in [7, 11) is 0. The molecular formula is C6H12BO6-. The first-order chi connectivity index (χ1) is 6.28. The molecule has 6 nitrogen and oxygen atoms in total. The first kappa shape index (κ1) is 9.38. The van der Waals surface area contributed by atoms with Gasteiger partial charge in [0.05, 0.1) is 25.4 Å². The Morgan fingerprint density at radius 1 is 1.00 bits per heavy atom. The summed E-state index contributed by atoms with van der Waals surface area (Å²) < 4.78 is 20.8. The molecule has 0 aromatic heterocycles. The summed E-state index contributed by atoms with van der Waals surface area (Å²) in [6.07, 6.45) is -0.783. The van der Waals surface area contributed by atoms with Gasteiger partial charge >= 0.3 is 6.96 Å². The Bertz CT molecular complexity index is 168. The number of rotatable bonds is 2. The number of aliphatic hydroxyl groups excluding tert-OH is 2. The molecule has 76 valence electrons. The fourth-order valence-electron chi connectivity index (χ4n) is 1.43. The van der Waals surface area contributed by atoms with Crippen LogP contribution in [0.15, 0.2) is 0 Å². The van der Waals surface area contributed by atoms with Crippen LogP contribution < -0.4 is 0 Å². The maximum atomic E-state index is 8.78. The highest BCUT2D eigenvalue weighted by Gasteiger charge is 2.46. The first-order valence-electron chi connectivity index (χ1n) is 4.26. The van der Waals surface area contributed by atoms with Crippen LogP contribution in [0.4, 0.5) is 0 Å². The zero-order chi connectivity index (χ0) is 9.31. The fraction of sp³-hybridized carbons (Fsp3) is 1.00. The van der Waals surface area contributed by atoms with Gasteiger partial charge in [0.25, 0.3) is 0 Å². The molecule has 0 saturated carbocycles. The normalized spacial score (nSPS) is 44.8. The first-order valence-corrected chi connectivity index (χ1v) is 4.26. The van der Waals surface area contributed by atoms with E-state index >= 15 is 0 Å². The van der Waals surface area contributed by atoms with Gasteiger partial charge in [0.1, 0.15) is 0 Å². The van der Waals surface area contributed by atoms with Crippen molar-refractivity contribution in [2.75, 3.05) is 26.4 Å². The van der Waals surface area contributed by atoms with Crippen molar-refractivity contribution in [1.29, 1.82) is 0 Å². The van der Waals surface area contributed by atoms with E-state index in [4.69, 9.17) is 28.8 Å². The van der Waals surface area contributed by atoms with Crippen LogP contribution in [-0.4, -0.2) is 55.8 Å². The van der Waals surface area contributed by atoms with Crippen molar-refractivity contribution in [3.05, 3.63) is 0 Å². The van der Waals surface area contributed by atoms with Gasteiger partial charge in [-0.2, -0.15) is 0 Å². The predicted molar refractivity (Wildman–Crippen MR) is 41.6 cm³/mol. The molecule has 2 rings (SSSR count). The minimum absolute atomic E-state index is 0.125. The van der Waals surface area contributed by atoms with E-state index < -0.39 is 19.2 Å². The Kier molecular flexibility index (Phi) is 2.54. The van der Waals surface area contributed by atoms with Crippen LogP contribution in [0.25, 0.3) is 0 Å². The number of aliphatic hydroxyl groups is 2. The highest BCUT2D eigenvalue weighted by atomic mass is 16.9. The second kappa shape index (κ2) is 3.53. The molecule has 0 aliphatic carbocycles. The Morgan fingerprint density at radius 2 is 1.46 bits per heavy atom. The largest absolute Gasteiger partial charge is 0.532 e. The third-order valence-corrected chi connectivity index (χ3v) is 2.10. The molecule has 7 heteroatoms. The van der Waals surface area contributed by atoms with Crippen molar-refractivity contribution in [3.63, 3.8) is 0 Å². The van der Waals surface area contributed by atoms with Gasteiger partial charge < -0.3 is 28.8 Å². The average Bonchev–Trinajstić information content (AvgIpc) is 2.74. The molecule has 2 fully saturated rings. The molecule has 0 bridgehead atoms. The van der Waals surface area contributed by atoms with E-state index in [-0.39, 0.29) is 26.4 Å². The molecular weight excluding hydrogens is 179 g/mol. The summed E-state index contributed by atoms with van der Waals surface area (Å²) >= 11 is 0. The molecule has 0 aromatic rings. The monoisotopic (exact) mass is 191 g/mol. The van der Waals surface area contributed by atoms with Crippen LogP contribution in [0.1, 0.15) is 0 Å². The van der Waals surface area contributed by atoms with E-state index in [1.807, 2.05) is 0 Å². The Labute approximate surface area is 75.4 Å². The topological polar surface area (TPSA) is 77.4 Å². The molecule has 2 aliphatic heterocycles. The Balaban J connectivity index is 1.93. The lowest BCUT2D eigenvalue weighted by molar-refractivity contribution is 0.0499. The minimum atomic E-state index is -2.15. The summed E-state index contributed by atoms with van der Waals surface area (Å²) in [5.74, 6) is 0. The van der Waals surface area contributed by atoms with E-state index in [2.05, 4.69) is 0 Å². The van der Waals surface area contributed by atoms with Gasteiger partial charge in [-0.15, -0.1) is 0 Å². The van der Waals surface area contributed by atoms with Gasteiger partial charge in [0.2, 0.25) is 0 Å². The predicted octanol–water partition coefficient (Wildman–Crippen LogP) is -1.76. The van der Waals surface area contributed by atoms with Gasteiger partial charge in [-0.3, -0.25) is 0 Å². The van der Waals surface area contributed by atoms with Gasteiger partial charge in [-0.25, -0.2) is 0 Å². The van der Waals surface area contributed by atoms with E-state index in [1.165, 1.54) is 0 Å². The highest BCUT2D eigenvalue weighted by molar-refractivity contribution is 6.54. The van der Waals surface area contributed by atoms with E-state index in [9.17, 15) is 0 Å². The molecule has 2 atom stereocenters. The zero-order valence-corrected chi connectivity index (χ0v) is 7.09. The molecule has 2 saturated heterocycles. The van der Waals surface area contributed by atoms with Gasteiger partial charge in [0.15, 0.2) is 0 Å². The van der Waals surface area contributed by atoms with Crippen molar-refractivity contribution in [1.82, 2.24) is 0 Å². The molecule has 2 unspecified atom stereocenters. The number of hydrogen-bond acceptors (Lipinski definition) is 6. The second-order valence-corrected chi connectivity index (χ2v) is 3.13. The molecule has 13 heavy (non-hydrogen) atoms. The molecule has 2 N–H and O–H groups in total. The SMILES string of the molecule is OCC1CO[B-]2(OCC(CO)O2)O1. The minimum Gasteiger partial charge on any atom is -0.517 e. The zero-order valence-electron chi connectivity index (χ0n) is 7.09. The molecule has 1 spiro atoms. The lowest BCUT2D eigenvalue weighted by Crippen LogP contribution is -2.41. The molecule has 2 aliphatic rings. The van der Waals surface area contributed by atoms with Gasteiger partial charge in [-0.1, -0.05) is 0 Å².